The van der Waals surface area contributed by atoms with Crippen LogP contribution in [0.1, 0.15) is 32.6 Å². The lowest BCUT2D eigenvalue weighted by molar-refractivity contribution is -0.121. The summed E-state index contributed by atoms with van der Waals surface area (Å²) in [5, 5.41) is 2.69. The van der Waals surface area contributed by atoms with Crippen LogP contribution in [0.5, 0.6) is 0 Å². The van der Waals surface area contributed by atoms with Crippen LogP contribution in [-0.4, -0.2) is 60.0 Å². The number of hydrogen-bond acceptors (Lipinski definition) is 5. The minimum atomic E-state index is -0.868. The van der Waals surface area contributed by atoms with Crippen LogP contribution in [0.3, 0.4) is 0 Å². The molecule has 2 aliphatic heterocycles. The quantitative estimate of drug-likeness (QED) is 0.731. The van der Waals surface area contributed by atoms with E-state index in [1.54, 1.807) is 4.90 Å². The molecule has 30 heavy (non-hydrogen) atoms. The van der Waals surface area contributed by atoms with Gasteiger partial charge in [-0.05, 0) is 19.3 Å². The predicted molar refractivity (Wildman–Crippen MR) is 111 cm³/mol. The zero-order valence-corrected chi connectivity index (χ0v) is 17.8. The molecule has 3 rings (SSSR count). The average Bonchev–Trinajstić information content (AvgIpc) is 3.04. The predicted octanol–water partition coefficient (Wildman–Crippen LogP) is 2.56. The van der Waals surface area contributed by atoms with Crippen molar-refractivity contribution >= 4 is 34.2 Å². The number of amides is 2. The number of benzene rings is 1. The van der Waals surface area contributed by atoms with Crippen molar-refractivity contribution in [3.05, 3.63) is 23.8 Å². The van der Waals surface area contributed by atoms with Gasteiger partial charge in [-0.1, -0.05) is 6.92 Å². The first kappa shape index (κ1) is 22.5. The lowest BCUT2D eigenvalue weighted by atomic mass is 10.2. The first-order valence-corrected chi connectivity index (χ1v) is 11.7. The maximum Gasteiger partial charge on any atom is 0.414 e. The van der Waals surface area contributed by atoms with Crippen molar-refractivity contribution in [3.8, 4) is 0 Å². The van der Waals surface area contributed by atoms with E-state index in [1.807, 2.05) is 6.92 Å². The van der Waals surface area contributed by atoms with Gasteiger partial charge in [-0.15, -0.1) is 0 Å². The molecule has 0 bridgehead atoms. The molecule has 2 heterocycles. The summed E-state index contributed by atoms with van der Waals surface area (Å²) in [5.41, 5.74) is -0.0448. The van der Waals surface area contributed by atoms with Crippen LogP contribution in [0.15, 0.2) is 12.1 Å². The Balaban J connectivity index is 1.69. The van der Waals surface area contributed by atoms with Crippen molar-refractivity contribution in [3.63, 3.8) is 0 Å². The number of carbonyl (C=O) groups excluding carboxylic acids is 2. The molecule has 2 amide bonds. The molecule has 2 saturated heterocycles. The van der Waals surface area contributed by atoms with E-state index < -0.39 is 34.6 Å². The van der Waals surface area contributed by atoms with E-state index in [0.29, 0.717) is 50.3 Å². The van der Waals surface area contributed by atoms with Crippen molar-refractivity contribution < 1.29 is 27.3 Å². The summed E-state index contributed by atoms with van der Waals surface area (Å²) in [6, 6.07) is 2.27. The first-order chi connectivity index (χ1) is 14.4. The van der Waals surface area contributed by atoms with Gasteiger partial charge >= 0.3 is 6.09 Å². The maximum absolute atomic E-state index is 14.8. The zero-order chi connectivity index (χ0) is 21.7. The van der Waals surface area contributed by atoms with Crippen molar-refractivity contribution in [2.24, 2.45) is 0 Å². The van der Waals surface area contributed by atoms with Crippen LogP contribution in [0.4, 0.5) is 25.0 Å². The average molecular weight is 444 g/mol. The highest BCUT2D eigenvalue weighted by Crippen LogP contribution is 2.31. The van der Waals surface area contributed by atoms with Crippen LogP contribution in [0.2, 0.25) is 0 Å². The van der Waals surface area contributed by atoms with E-state index in [9.17, 15) is 22.6 Å². The molecule has 1 aromatic carbocycles. The molecule has 2 aliphatic rings. The molecule has 1 N–H and O–H groups in total. The van der Waals surface area contributed by atoms with E-state index in [2.05, 4.69) is 5.32 Å². The van der Waals surface area contributed by atoms with Gasteiger partial charge < -0.3 is 15.0 Å². The third-order valence-electron chi connectivity index (χ3n) is 5.11. The smallest absolute Gasteiger partial charge is 0.414 e. The van der Waals surface area contributed by atoms with Gasteiger partial charge in [-0.2, -0.15) is 0 Å². The molecule has 0 aromatic heterocycles. The number of anilines is 2. The fourth-order valence-electron chi connectivity index (χ4n) is 3.66. The van der Waals surface area contributed by atoms with Gasteiger partial charge in [0.05, 0.1) is 18.8 Å². The SMILES string of the molecule is CCCC(=O)NC[C@H]1CN(c2cc(F)c(N3CCCS(=O)CCC3)c(F)c2)C(=O)O1. The normalized spacial score (nSPS) is 20.6. The van der Waals surface area contributed by atoms with Crippen molar-refractivity contribution in [1.82, 2.24) is 5.32 Å². The van der Waals surface area contributed by atoms with Crippen LogP contribution >= 0.6 is 0 Å². The Morgan fingerprint density at radius 1 is 1.23 bits per heavy atom. The lowest BCUT2D eigenvalue weighted by Gasteiger charge is -2.28. The van der Waals surface area contributed by atoms with Gasteiger partial charge in [0.1, 0.15) is 11.8 Å². The molecular weight excluding hydrogens is 416 g/mol. The summed E-state index contributed by atoms with van der Waals surface area (Å²) < 4.78 is 46.6. The number of ether oxygens (including phenoxy) is 1. The number of cyclic esters (lactones) is 1. The van der Waals surface area contributed by atoms with E-state index in [4.69, 9.17) is 4.74 Å². The monoisotopic (exact) mass is 443 g/mol. The summed E-state index contributed by atoms with van der Waals surface area (Å²) in [7, 11) is -0.868. The highest BCUT2D eigenvalue weighted by molar-refractivity contribution is 7.84. The molecule has 0 saturated carbocycles. The number of carbonyl (C=O) groups is 2. The standard InChI is InChI=1S/C20H27F2N3O4S/c1-2-5-18(26)23-12-15-13-25(20(27)29-15)14-10-16(21)19(17(22)11-14)24-6-3-8-30(28)9-4-7-24/h10-11,15H,2-9,12-13H2,1H3,(H,23,26)/t15-/m0/s1. The minimum Gasteiger partial charge on any atom is -0.442 e. The Bertz CT molecular complexity index is 788. The van der Waals surface area contributed by atoms with E-state index in [0.717, 1.165) is 12.1 Å². The van der Waals surface area contributed by atoms with Gasteiger partial charge in [-0.25, -0.2) is 13.6 Å². The molecule has 1 atom stereocenters. The number of halogens is 2. The summed E-state index contributed by atoms with van der Waals surface area (Å²) in [4.78, 5) is 26.6. The van der Waals surface area contributed by atoms with Crippen molar-refractivity contribution in [2.45, 2.75) is 38.7 Å². The Labute approximate surface area is 177 Å². The summed E-state index contributed by atoms with van der Waals surface area (Å²) in [6.07, 6.45) is 0.995. The van der Waals surface area contributed by atoms with Crippen LogP contribution in [0.25, 0.3) is 0 Å². The van der Waals surface area contributed by atoms with E-state index in [-0.39, 0.29) is 30.4 Å². The molecular formula is C20H27F2N3O4S. The van der Waals surface area contributed by atoms with Gasteiger partial charge in [0.25, 0.3) is 0 Å². The second-order valence-corrected chi connectivity index (χ2v) is 9.17. The highest BCUT2D eigenvalue weighted by Gasteiger charge is 2.34. The summed E-state index contributed by atoms with van der Waals surface area (Å²) in [6.45, 7) is 2.98. The summed E-state index contributed by atoms with van der Waals surface area (Å²) in [5.74, 6) is -0.592. The molecule has 0 radical (unpaired) electrons. The van der Waals surface area contributed by atoms with Gasteiger partial charge in [0, 0.05) is 53.9 Å². The van der Waals surface area contributed by atoms with Crippen LogP contribution in [-0.2, 0) is 20.3 Å². The van der Waals surface area contributed by atoms with E-state index in [1.165, 1.54) is 4.90 Å². The summed E-state index contributed by atoms with van der Waals surface area (Å²) >= 11 is 0. The molecule has 1 aromatic rings. The lowest BCUT2D eigenvalue weighted by Crippen LogP contribution is -2.34. The van der Waals surface area contributed by atoms with Crippen LogP contribution < -0.4 is 15.1 Å². The van der Waals surface area contributed by atoms with E-state index >= 15 is 0 Å². The van der Waals surface area contributed by atoms with Gasteiger partial charge in [0.15, 0.2) is 11.6 Å². The van der Waals surface area contributed by atoms with Crippen molar-refractivity contribution in [2.75, 3.05) is 47.5 Å². The fourth-order valence-corrected chi connectivity index (χ4v) is 4.77. The molecule has 10 heteroatoms. The number of nitrogens with zero attached hydrogens (tertiary/aromatic N) is 2. The Kier molecular flexibility index (Phi) is 7.63. The topological polar surface area (TPSA) is 79.0 Å². The first-order valence-electron chi connectivity index (χ1n) is 10.2. The third kappa shape index (κ3) is 5.47. The molecule has 166 valence electrons. The highest BCUT2D eigenvalue weighted by atomic mass is 32.2. The maximum atomic E-state index is 14.8. The molecule has 7 nitrogen and oxygen atoms in total. The minimum absolute atomic E-state index is 0.0780. The van der Waals surface area contributed by atoms with Crippen LogP contribution in [0, 0.1) is 11.6 Å². The molecule has 2 fully saturated rings. The molecule has 0 unspecified atom stereocenters. The fraction of sp³-hybridized carbons (Fsp3) is 0.600. The van der Waals surface area contributed by atoms with Gasteiger partial charge in [0.2, 0.25) is 5.91 Å². The van der Waals surface area contributed by atoms with Gasteiger partial charge in [-0.3, -0.25) is 13.9 Å². The number of hydrogen-bond donors (Lipinski definition) is 1. The molecule has 0 spiro atoms. The second-order valence-electron chi connectivity index (χ2n) is 7.47. The number of rotatable bonds is 6. The Hall–Kier alpha value is -2.23. The Morgan fingerprint density at radius 3 is 2.47 bits per heavy atom. The zero-order valence-electron chi connectivity index (χ0n) is 17.0. The number of nitrogens with one attached hydrogen (secondary N) is 1. The third-order valence-corrected chi connectivity index (χ3v) is 6.60. The molecule has 0 aliphatic carbocycles. The Morgan fingerprint density at radius 2 is 1.87 bits per heavy atom. The largest absolute Gasteiger partial charge is 0.442 e. The van der Waals surface area contributed by atoms with Crippen molar-refractivity contribution in [1.29, 1.82) is 0 Å². The second kappa shape index (κ2) is 10.2.